The van der Waals surface area contributed by atoms with Crippen molar-refractivity contribution in [2.45, 2.75) is 69.9 Å². The Labute approximate surface area is 94.0 Å². The van der Waals surface area contributed by atoms with Gasteiger partial charge in [0.05, 0.1) is 0 Å². The maximum Gasteiger partial charge on any atom is 0.0311 e. The molecule has 15 heavy (non-hydrogen) atoms. The molecular weight excluding hydrogens is 184 g/mol. The van der Waals surface area contributed by atoms with E-state index in [1.807, 2.05) is 0 Å². The van der Waals surface area contributed by atoms with E-state index in [9.17, 15) is 0 Å². The molecule has 88 valence electrons. The third-order valence-electron chi connectivity index (χ3n) is 4.23. The molecular formula is C13H26N2. The Kier molecular flexibility index (Phi) is 3.68. The van der Waals surface area contributed by atoms with Crippen LogP contribution in [0.4, 0.5) is 0 Å². The second-order valence-corrected chi connectivity index (χ2v) is 5.83. The van der Waals surface area contributed by atoms with Gasteiger partial charge in [-0.15, -0.1) is 0 Å². The van der Waals surface area contributed by atoms with Crippen molar-refractivity contribution in [1.29, 1.82) is 0 Å². The smallest absolute Gasteiger partial charge is 0.0311 e. The first kappa shape index (κ1) is 11.4. The summed E-state index contributed by atoms with van der Waals surface area (Å²) in [5.74, 6) is 0.881. The Balaban J connectivity index is 1.83. The van der Waals surface area contributed by atoms with Crippen molar-refractivity contribution in [2.75, 3.05) is 6.54 Å². The Bertz CT molecular complexity index is 189. The minimum atomic E-state index is 0.314. The molecule has 0 heterocycles. The summed E-state index contributed by atoms with van der Waals surface area (Å²) in [6.45, 7) is 3.16. The van der Waals surface area contributed by atoms with E-state index in [2.05, 4.69) is 12.2 Å². The summed E-state index contributed by atoms with van der Waals surface area (Å²) < 4.78 is 0. The van der Waals surface area contributed by atoms with Gasteiger partial charge in [0.15, 0.2) is 0 Å². The minimum Gasteiger partial charge on any atom is -0.329 e. The van der Waals surface area contributed by atoms with Crippen LogP contribution in [0.15, 0.2) is 0 Å². The molecule has 0 atom stereocenters. The van der Waals surface area contributed by atoms with Crippen LogP contribution >= 0.6 is 0 Å². The lowest BCUT2D eigenvalue weighted by molar-refractivity contribution is 0.105. The number of rotatable bonds is 3. The van der Waals surface area contributed by atoms with Crippen LogP contribution in [-0.2, 0) is 0 Å². The quantitative estimate of drug-likeness (QED) is 0.702. The summed E-state index contributed by atoms with van der Waals surface area (Å²) in [7, 11) is 0. The summed E-state index contributed by atoms with van der Waals surface area (Å²) in [5.41, 5.74) is 6.24. The number of hydrogen-bond acceptors (Lipinski definition) is 2. The van der Waals surface area contributed by atoms with Crippen LogP contribution in [0.25, 0.3) is 0 Å². The highest BCUT2D eigenvalue weighted by Crippen LogP contribution is 2.37. The summed E-state index contributed by atoms with van der Waals surface area (Å²) in [6, 6.07) is 0.753. The monoisotopic (exact) mass is 210 g/mol. The first-order chi connectivity index (χ1) is 7.24. The van der Waals surface area contributed by atoms with Crippen molar-refractivity contribution in [3.8, 4) is 0 Å². The van der Waals surface area contributed by atoms with E-state index in [1.165, 1.54) is 51.4 Å². The van der Waals surface area contributed by atoms with Gasteiger partial charge in [-0.1, -0.05) is 32.6 Å². The number of hydrogen-bond donors (Lipinski definition) is 2. The second kappa shape index (κ2) is 4.84. The summed E-state index contributed by atoms with van der Waals surface area (Å²) >= 11 is 0. The van der Waals surface area contributed by atoms with E-state index < -0.39 is 0 Å². The molecule has 2 heteroatoms. The predicted molar refractivity (Wildman–Crippen MR) is 64.8 cm³/mol. The summed E-state index contributed by atoms with van der Waals surface area (Å²) in [6.07, 6.45) is 11.0. The van der Waals surface area contributed by atoms with Crippen molar-refractivity contribution in [3.05, 3.63) is 0 Å². The molecule has 0 radical (unpaired) electrons. The molecule has 2 saturated carbocycles. The lowest BCUT2D eigenvalue weighted by Crippen LogP contribution is -2.62. The van der Waals surface area contributed by atoms with Gasteiger partial charge in [-0.3, -0.25) is 0 Å². The molecule has 0 unspecified atom stereocenters. The zero-order chi connectivity index (χ0) is 10.7. The molecule has 0 spiro atoms. The fourth-order valence-electron chi connectivity index (χ4n) is 3.47. The summed E-state index contributed by atoms with van der Waals surface area (Å²) in [5, 5.41) is 3.86. The molecule has 0 aromatic heterocycles. The average molecular weight is 210 g/mol. The predicted octanol–water partition coefficient (Wildman–Crippen LogP) is 2.43. The Morgan fingerprint density at radius 3 is 2.20 bits per heavy atom. The van der Waals surface area contributed by atoms with Gasteiger partial charge in [-0.2, -0.15) is 0 Å². The maximum atomic E-state index is 5.92. The molecule has 0 amide bonds. The first-order valence-electron chi connectivity index (χ1n) is 6.72. The first-order valence-corrected chi connectivity index (χ1v) is 6.72. The van der Waals surface area contributed by atoms with Gasteiger partial charge < -0.3 is 11.1 Å². The van der Waals surface area contributed by atoms with E-state index in [4.69, 9.17) is 5.73 Å². The molecule has 0 aromatic rings. The third-order valence-corrected chi connectivity index (χ3v) is 4.23. The van der Waals surface area contributed by atoms with Gasteiger partial charge in [0.25, 0.3) is 0 Å². The molecule has 2 rings (SSSR count). The largest absolute Gasteiger partial charge is 0.329 e. The van der Waals surface area contributed by atoms with Crippen molar-refractivity contribution < 1.29 is 0 Å². The van der Waals surface area contributed by atoms with Crippen LogP contribution in [0.1, 0.15) is 58.3 Å². The molecule has 2 aliphatic rings. The van der Waals surface area contributed by atoms with E-state index >= 15 is 0 Å². The molecule has 0 saturated heterocycles. The minimum absolute atomic E-state index is 0.314. The van der Waals surface area contributed by atoms with Crippen molar-refractivity contribution >= 4 is 0 Å². The molecule has 2 fully saturated rings. The van der Waals surface area contributed by atoms with Crippen LogP contribution < -0.4 is 11.1 Å². The lowest BCUT2D eigenvalue weighted by atomic mass is 9.68. The van der Waals surface area contributed by atoms with Crippen molar-refractivity contribution in [1.82, 2.24) is 5.32 Å². The topological polar surface area (TPSA) is 38.0 Å². The van der Waals surface area contributed by atoms with Crippen molar-refractivity contribution in [2.24, 2.45) is 11.7 Å². The number of nitrogens with two attached hydrogens (primary N) is 1. The Morgan fingerprint density at radius 2 is 1.73 bits per heavy atom. The third kappa shape index (κ3) is 2.73. The van der Waals surface area contributed by atoms with E-state index in [0.717, 1.165) is 18.5 Å². The Morgan fingerprint density at radius 1 is 1.13 bits per heavy atom. The van der Waals surface area contributed by atoms with Crippen LogP contribution in [-0.4, -0.2) is 18.1 Å². The Hall–Kier alpha value is -0.0800. The van der Waals surface area contributed by atoms with Gasteiger partial charge >= 0.3 is 0 Å². The summed E-state index contributed by atoms with van der Waals surface area (Å²) in [4.78, 5) is 0. The van der Waals surface area contributed by atoms with Gasteiger partial charge in [-0.25, -0.2) is 0 Å². The SMILES string of the molecule is CC1CC(CN)(NC2CCCCCC2)C1. The normalized spacial score (nSPS) is 38.4. The zero-order valence-corrected chi connectivity index (χ0v) is 10.1. The van der Waals surface area contributed by atoms with E-state index in [0.29, 0.717) is 5.54 Å². The van der Waals surface area contributed by atoms with Gasteiger partial charge in [0.2, 0.25) is 0 Å². The average Bonchev–Trinajstić information content (AvgIpc) is 2.43. The fraction of sp³-hybridized carbons (Fsp3) is 1.00. The molecule has 2 nitrogen and oxygen atoms in total. The van der Waals surface area contributed by atoms with E-state index in [1.54, 1.807) is 0 Å². The number of nitrogens with one attached hydrogen (secondary N) is 1. The van der Waals surface area contributed by atoms with Gasteiger partial charge in [0, 0.05) is 18.1 Å². The highest BCUT2D eigenvalue weighted by Gasteiger charge is 2.41. The molecule has 0 bridgehead atoms. The van der Waals surface area contributed by atoms with Gasteiger partial charge in [0.1, 0.15) is 0 Å². The molecule has 2 aliphatic carbocycles. The fourth-order valence-corrected chi connectivity index (χ4v) is 3.47. The van der Waals surface area contributed by atoms with Crippen molar-refractivity contribution in [3.63, 3.8) is 0 Å². The van der Waals surface area contributed by atoms with Crippen LogP contribution in [0.3, 0.4) is 0 Å². The zero-order valence-electron chi connectivity index (χ0n) is 10.1. The standard InChI is InChI=1S/C13H26N2/c1-11-8-13(9-11,10-14)15-12-6-4-2-3-5-7-12/h11-12,15H,2-10,14H2,1H3. The highest BCUT2D eigenvalue weighted by molar-refractivity contribution is 5.02. The molecule has 0 aromatic carbocycles. The molecule has 0 aliphatic heterocycles. The van der Waals surface area contributed by atoms with E-state index in [-0.39, 0.29) is 0 Å². The van der Waals surface area contributed by atoms with Crippen LogP contribution in [0, 0.1) is 5.92 Å². The second-order valence-electron chi connectivity index (χ2n) is 5.83. The highest BCUT2D eigenvalue weighted by atomic mass is 15.0. The van der Waals surface area contributed by atoms with Crippen LogP contribution in [0.5, 0.6) is 0 Å². The maximum absolute atomic E-state index is 5.92. The lowest BCUT2D eigenvalue weighted by Gasteiger charge is -2.48. The van der Waals surface area contributed by atoms with Crippen LogP contribution in [0.2, 0.25) is 0 Å². The van der Waals surface area contributed by atoms with Gasteiger partial charge in [-0.05, 0) is 31.6 Å². The molecule has 3 N–H and O–H groups in total.